The van der Waals surface area contributed by atoms with Crippen LogP contribution in [0.15, 0.2) is 83.8 Å². The molecule has 1 saturated carbocycles. The van der Waals surface area contributed by atoms with Gasteiger partial charge in [0.05, 0.1) is 16.1 Å². The number of carbonyl (C=O) groups is 2. The zero-order valence-corrected chi connectivity index (χ0v) is 25.8. The Morgan fingerprint density at radius 2 is 1.61 bits per heavy atom. The van der Waals surface area contributed by atoms with Gasteiger partial charge in [0.2, 0.25) is 11.8 Å². The van der Waals surface area contributed by atoms with Gasteiger partial charge in [-0.2, -0.15) is 13.2 Å². The number of carbonyl (C=O) groups excluding carboxylic acids is 2. The van der Waals surface area contributed by atoms with E-state index >= 15 is 0 Å². The van der Waals surface area contributed by atoms with Crippen LogP contribution < -0.4 is 9.62 Å². The molecule has 3 aromatic carbocycles. The van der Waals surface area contributed by atoms with E-state index in [0.717, 1.165) is 44.2 Å². The van der Waals surface area contributed by atoms with Crippen LogP contribution in [0.25, 0.3) is 0 Å². The lowest BCUT2D eigenvalue weighted by Gasteiger charge is -2.34. The average molecular weight is 650 g/mol. The van der Waals surface area contributed by atoms with Gasteiger partial charge in [-0.1, -0.05) is 80.3 Å². The second-order valence-corrected chi connectivity index (χ2v) is 13.0. The highest BCUT2D eigenvalue weighted by molar-refractivity contribution is 7.92. The molecule has 0 spiro atoms. The smallest absolute Gasteiger partial charge is 0.352 e. The first-order valence-electron chi connectivity index (χ1n) is 14.5. The molecular weight excluding hydrogens is 615 g/mol. The summed E-state index contributed by atoms with van der Waals surface area (Å²) in [4.78, 5) is 28.8. The van der Waals surface area contributed by atoms with Gasteiger partial charge in [-0.3, -0.25) is 13.9 Å². The van der Waals surface area contributed by atoms with Crippen molar-refractivity contribution in [3.63, 3.8) is 0 Å². The molecule has 0 saturated heterocycles. The topological polar surface area (TPSA) is 86.8 Å². The third-order valence-electron chi connectivity index (χ3n) is 7.71. The summed E-state index contributed by atoms with van der Waals surface area (Å²) in [5, 5.41) is 3.39. The molecule has 236 valence electrons. The highest BCUT2D eigenvalue weighted by atomic mass is 35.5. The van der Waals surface area contributed by atoms with E-state index in [2.05, 4.69) is 5.32 Å². The van der Waals surface area contributed by atoms with Gasteiger partial charge in [-0.15, -0.1) is 0 Å². The third-order valence-corrected chi connectivity index (χ3v) is 9.86. The van der Waals surface area contributed by atoms with Gasteiger partial charge < -0.3 is 10.2 Å². The van der Waals surface area contributed by atoms with E-state index < -0.39 is 40.3 Å². The zero-order valence-electron chi connectivity index (χ0n) is 24.3. The summed E-state index contributed by atoms with van der Waals surface area (Å²) in [7, 11) is -4.51. The van der Waals surface area contributed by atoms with Gasteiger partial charge in [0.15, 0.2) is 0 Å². The number of nitrogens with one attached hydrogen (secondary N) is 1. The largest absolute Gasteiger partial charge is 0.416 e. The number of alkyl halides is 3. The number of sulfonamides is 1. The quantitative estimate of drug-likeness (QED) is 0.247. The molecule has 3 aromatic rings. The summed E-state index contributed by atoms with van der Waals surface area (Å²) in [5.41, 5.74) is -0.876. The predicted molar refractivity (Wildman–Crippen MR) is 164 cm³/mol. The van der Waals surface area contributed by atoms with Crippen molar-refractivity contribution < 1.29 is 31.2 Å². The van der Waals surface area contributed by atoms with Crippen molar-refractivity contribution in [2.45, 2.75) is 75.1 Å². The van der Waals surface area contributed by atoms with E-state index in [0.29, 0.717) is 21.0 Å². The number of anilines is 1. The Morgan fingerprint density at radius 1 is 0.955 bits per heavy atom. The van der Waals surface area contributed by atoms with Gasteiger partial charge in [0, 0.05) is 17.6 Å². The fraction of sp³-hybridized carbons (Fsp3) is 0.375. The highest BCUT2D eigenvalue weighted by Crippen LogP contribution is 2.33. The molecule has 0 aliphatic heterocycles. The van der Waals surface area contributed by atoms with Crippen molar-refractivity contribution in [2.75, 3.05) is 10.8 Å². The number of hydrogen-bond acceptors (Lipinski definition) is 4. The first-order chi connectivity index (χ1) is 20.9. The third kappa shape index (κ3) is 8.12. The number of hydrogen-bond donors (Lipinski definition) is 1. The van der Waals surface area contributed by atoms with Crippen LogP contribution in [-0.2, 0) is 32.3 Å². The molecule has 0 heterocycles. The molecular formula is C32H35ClF3N3O4S. The van der Waals surface area contributed by atoms with E-state index in [4.69, 9.17) is 11.6 Å². The van der Waals surface area contributed by atoms with Crippen LogP contribution in [0, 0.1) is 0 Å². The first kappa shape index (κ1) is 33.3. The van der Waals surface area contributed by atoms with Crippen LogP contribution in [0.5, 0.6) is 0 Å². The molecule has 0 aromatic heterocycles. The fourth-order valence-corrected chi connectivity index (χ4v) is 6.98. The molecule has 1 aliphatic rings. The van der Waals surface area contributed by atoms with Crippen LogP contribution in [-0.4, -0.2) is 43.8 Å². The van der Waals surface area contributed by atoms with Gasteiger partial charge in [-0.05, 0) is 61.2 Å². The van der Waals surface area contributed by atoms with Crippen LogP contribution >= 0.6 is 11.6 Å². The van der Waals surface area contributed by atoms with Crippen LogP contribution in [0.2, 0.25) is 5.02 Å². The predicted octanol–water partition coefficient (Wildman–Crippen LogP) is 6.81. The summed E-state index contributed by atoms with van der Waals surface area (Å²) in [6.45, 7) is 0.774. The van der Waals surface area contributed by atoms with Crippen molar-refractivity contribution in [2.24, 2.45) is 0 Å². The monoisotopic (exact) mass is 649 g/mol. The lowest BCUT2D eigenvalue weighted by molar-refractivity contribution is -0.140. The molecule has 1 atom stereocenters. The van der Waals surface area contributed by atoms with E-state index in [1.165, 1.54) is 35.2 Å². The molecule has 1 unspecified atom stereocenters. The van der Waals surface area contributed by atoms with Crippen molar-refractivity contribution in [1.82, 2.24) is 10.2 Å². The van der Waals surface area contributed by atoms with Crippen LogP contribution in [0.4, 0.5) is 18.9 Å². The van der Waals surface area contributed by atoms with Crippen LogP contribution in [0.3, 0.4) is 0 Å². The fourth-order valence-electron chi connectivity index (χ4n) is 5.36. The van der Waals surface area contributed by atoms with Crippen molar-refractivity contribution in [3.8, 4) is 0 Å². The Bertz CT molecular complexity index is 1550. The Balaban J connectivity index is 1.75. The summed E-state index contributed by atoms with van der Waals surface area (Å²) in [6, 6.07) is 16.7. The van der Waals surface area contributed by atoms with Crippen LogP contribution in [0.1, 0.15) is 56.6 Å². The maximum absolute atomic E-state index is 14.2. The Hall–Kier alpha value is -3.57. The summed E-state index contributed by atoms with van der Waals surface area (Å²) in [6.07, 6.45) is 0.146. The van der Waals surface area contributed by atoms with E-state index in [1.54, 1.807) is 37.3 Å². The SMILES string of the molecule is CCC(C(=O)NC1CCCCC1)N(Cc1ccccc1Cl)C(=O)CN(c1cccc(C(F)(F)F)c1)S(=O)(=O)c1ccccc1. The Labute approximate surface area is 261 Å². The maximum Gasteiger partial charge on any atom is 0.416 e. The number of rotatable bonds is 11. The van der Waals surface area contributed by atoms with Gasteiger partial charge >= 0.3 is 6.18 Å². The van der Waals surface area contributed by atoms with Gasteiger partial charge in [0.1, 0.15) is 12.6 Å². The minimum absolute atomic E-state index is 0.0392. The minimum atomic E-state index is -4.75. The second-order valence-electron chi connectivity index (χ2n) is 10.8. The number of nitrogens with zero attached hydrogens (tertiary/aromatic N) is 2. The zero-order chi connectivity index (χ0) is 31.9. The molecule has 4 rings (SSSR count). The lowest BCUT2D eigenvalue weighted by Crippen LogP contribution is -2.54. The van der Waals surface area contributed by atoms with Crippen molar-refractivity contribution in [1.29, 1.82) is 0 Å². The Morgan fingerprint density at radius 3 is 2.25 bits per heavy atom. The minimum Gasteiger partial charge on any atom is -0.352 e. The Kier molecular flexibility index (Phi) is 11.0. The number of halogens is 4. The number of benzene rings is 3. The lowest BCUT2D eigenvalue weighted by atomic mass is 9.95. The normalized spacial score (nSPS) is 14.9. The molecule has 12 heteroatoms. The summed E-state index contributed by atoms with van der Waals surface area (Å²) in [5.74, 6) is -1.15. The standard InChI is InChI=1S/C32H35ClF3N3O4S/c1-2-29(31(41)37-25-14-5-3-6-15-25)38(21-23-12-9-10-19-28(23)33)30(40)22-39(44(42,43)27-17-7-4-8-18-27)26-16-11-13-24(20-26)32(34,35)36/h4,7-13,16-20,25,29H,2-3,5-6,14-15,21-22H2,1H3,(H,37,41). The molecule has 2 amide bonds. The molecule has 0 bridgehead atoms. The molecule has 1 N–H and O–H groups in total. The summed E-state index contributed by atoms with van der Waals surface area (Å²) >= 11 is 6.42. The maximum atomic E-state index is 14.2. The second kappa shape index (κ2) is 14.5. The molecule has 1 fully saturated rings. The average Bonchev–Trinajstić information content (AvgIpc) is 3.01. The van der Waals surface area contributed by atoms with Crippen molar-refractivity contribution in [3.05, 3.63) is 95.0 Å². The van der Waals surface area contributed by atoms with Crippen molar-refractivity contribution >= 4 is 39.1 Å². The number of amides is 2. The van der Waals surface area contributed by atoms with E-state index in [-0.39, 0.29) is 35.5 Å². The molecule has 0 radical (unpaired) electrons. The van der Waals surface area contributed by atoms with Gasteiger partial charge in [-0.25, -0.2) is 8.42 Å². The van der Waals surface area contributed by atoms with E-state index in [1.807, 2.05) is 0 Å². The van der Waals surface area contributed by atoms with Gasteiger partial charge in [0.25, 0.3) is 10.0 Å². The molecule has 7 nitrogen and oxygen atoms in total. The highest BCUT2D eigenvalue weighted by Gasteiger charge is 2.36. The van der Waals surface area contributed by atoms with E-state index in [9.17, 15) is 31.2 Å². The molecule has 44 heavy (non-hydrogen) atoms. The summed E-state index contributed by atoms with van der Waals surface area (Å²) < 4.78 is 69.4. The first-order valence-corrected chi connectivity index (χ1v) is 16.3. The molecule has 1 aliphatic carbocycles.